The molecule has 0 aliphatic rings. The molecule has 3 atom stereocenters. The minimum absolute atomic E-state index is 0.219. The van der Waals surface area contributed by atoms with Crippen LogP contribution in [0.3, 0.4) is 0 Å². The number of rotatable bonds is 14. The van der Waals surface area contributed by atoms with Crippen LogP contribution in [-0.4, -0.2) is 38.9 Å². The molecule has 0 fully saturated rings. The highest BCUT2D eigenvalue weighted by Crippen LogP contribution is 2.16. The molecule has 31 heavy (non-hydrogen) atoms. The highest BCUT2D eigenvalue weighted by molar-refractivity contribution is 5.76. The number of hydrogen-bond donors (Lipinski definition) is 1. The van der Waals surface area contributed by atoms with Crippen molar-refractivity contribution in [2.24, 2.45) is 5.92 Å². The standard InChI is InChI=1S/C26H35NO4/c1-5-20(2)17-24(15-16-30-19-22-11-13-23(29-4)14-12-22)31-26(28)25(27-3)18-21-9-7-6-8-10-21/h5-14,20,24-25,27H,1,15-19H2,2-4H3/t20?,24-,25+/m1/s1. The van der Waals surface area contributed by atoms with Crippen LogP contribution in [0.4, 0.5) is 0 Å². The molecule has 0 spiro atoms. The van der Waals surface area contributed by atoms with Crippen LogP contribution in [0.1, 0.15) is 30.9 Å². The first-order valence-electron chi connectivity index (χ1n) is 10.8. The lowest BCUT2D eigenvalue weighted by Gasteiger charge is -2.23. The van der Waals surface area contributed by atoms with Gasteiger partial charge in [0, 0.05) is 6.42 Å². The molecule has 2 rings (SSSR count). The lowest BCUT2D eigenvalue weighted by atomic mass is 10.0. The van der Waals surface area contributed by atoms with Gasteiger partial charge in [-0.1, -0.05) is 55.5 Å². The Morgan fingerprint density at radius 1 is 1.10 bits per heavy atom. The quantitative estimate of drug-likeness (QED) is 0.273. The molecule has 1 N–H and O–H groups in total. The number of carbonyl (C=O) groups excluding carboxylic acids is 1. The third kappa shape index (κ3) is 8.95. The molecule has 2 aromatic carbocycles. The third-order valence-corrected chi connectivity index (χ3v) is 5.25. The number of methoxy groups -OCH3 is 1. The average Bonchev–Trinajstić information content (AvgIpc) is 2.81. The lowest BCUT2D eigenvalue weighted by Crippen LogP contribution is -2.39. The van der Waals surface area contributed by atoms with Gasteiger partial charge in [-0.3, -0.25) is 4.79 Å². The molecule has 0 aliphatic carbocycles. The topological polar surface area (TPSA) is 56.8 Å². The maximum Gasteiger partial charge on any atom is 0.323 e. The summed E-state index contributed by atoms with van der Waals surface area (Å²) < 4.78 is 16.9. The van der Waals surface area contributed by atoms with Gasteiger partial charge in [0.2, 0.25) is 0 Å². The van der Waals surface area contributed by atoms with Gasteiger partial charge in [-0.2, -0.15) is 0 Å². The van der Waals surface area contributed by atoms with E-state index in [1.165, 1.54) is 0 Å². The summed E-state index contributed by atoms with van der Waals surface area (Å²) in [4.78, 5) is 12.8. The van der Waals surface area contributed by atoms with Crippen molar-refractivity contribution in [1.29, 1.82) is 0 Å². The molecule has 1 unspecified atom stereocenters. The summed E-state index contributed by atoms with van der Waals surface area (Å²) >= 11 is 0. The second-order valence-corrected chi connectivity index (χ2v) is 7.73. The molecular formula is C26H35NO4. The van der Waals surface area contributed by atoms with Crippen molar-refractivity contribution in [2.45, 2.75) is 44.9 Å². The third-order valence-electron chi connectivity index (χ3n) is 5.25. The van der Waals surface area contributed by atoms with E-state index in [1.807, 2.05) is 60.7 Å². The number of benzene rings is 2. The van der Waals surface area contributed by atoms with Gasteiger partial charge in [-0.25, -0.2) is 0 Å². The van der Waals surface area contributed by atoms with Gasteiger partial charge >= 0.3 is 5.97 Å². The fourth-order valence-electron chi connectivity index (χ4n) is 3.26. The number of likely N-dealkylation sites (N-methyl/N-ethyl adjacent to an activating group) is 1. The minimum atomic E-state index is -0.385. The van der Waals surface area contributed by atoms with Crippen molar-refractivity contribution in [1.82, 2.24) is 5.32 Å². The van der Waals surface area contributed by atoms with E-state index in [1.54, 1.807) is 14.2 Å². The largest absolute Gasteiger partial charge is 0.497 e. The zero-order valence-electron chi connectivity index (χ0n) is 18.9. The maximum absolute atomic E-state index is 12.8. The van der Waals surface area contributed by atoms with E-state index in [0.717, 1.165) is 23.3 Å². The van der Waals surface area contributed by atoms with Gasteiger partial charge in [-0.15, -0.1) is 6.58 Å². The van der Waals surface area contributed by atoms with Crippen molar-refractivity contribution in [2.75, 3.05) is 20.8 Å². The Bertz CT molecular complexity index is 776. The molecule has 0 amide bonds. The second-order valence-electron chi connectivity index (χ2n) is 7.73. The van der Waals surface area contributed by atoms with Crippen LogP contribution in [0.25, 0.3) is 0 Å². The fraction of sp³-hybridized carbons (Fsp3) is 0.423. The molecule has 0 heterocycles. The lowest BCUT2D eigenvalue weighted by molar-refractivity contribution is -0.153. The Hall–Kier alpha value is -2.63. The molecule has 0 aliphatic heterocycles. The molecule has 0 saturated carbocycles. The Morgan fingerprint density at radius 2 is 1.81 bits per heavy atom. The molecule has 0 radical (unpaired) electrons. The number of allylic oxidation sites excluding steroid dienone is 1. The van der Waals surface area contributed by atoms with Crippen molar-refractivity contribution < 1.29 is 19.0 Å². The van der Waals surface area contributed by atoms with E-state index >= 15 is 0 Å². The van der Waals surface area contributed by atoms with E-state index in [2.05, 4.69) is 18.8 Å². The summed E-state index contributed by atoms with van der Waals surface area (Å²) in [7, 11) is 3.43. The smallest absolute Gasteiger partial charge is 0.323 e. The maximum atomic E-state index is 12.8. The normalized spacial score (nSPS) is 13.8. The Morgan fingerprint density at radius 3 is 2.42 bits per heavy atom. The minimum Gasteiger partial charge on any atom is -0.497 e. The van der Waals surface area contributed by atoms with Gasteiger partial charge in [-0.05, 0) is 49.1 Å². The molecular weight excluding hydrogens is 390 g/mol. The summed E-state index contributed by atoms with van der Waals surface area (Å²) in [5.41, 5.74) is 2.17. The molecule has 0 aromatic heterocycles. The summed E-state index contributed by atoms with van der Waals surface area (Å²) in [6.45, 7) is 6.95. The fourth-order valence-corrected chi connectivity index (χ4v) is 3.26. The monoisotopic (exact) mass is 425 g/mol. The molecule has 0 bridgehead atoms. The van der Waals surface area contributed by atoms with Crippen molar-refractivity contribution in [3.05, 3.63) is 78.4 Å². The Labute approximate surface area is 186 Å². The predicted octanol–water partition coefficient (Wildman–Crippen LogP) is 4.56. The van der Waals surface area contributed by atoms with E-state index in [9.17, 15) is 4.79 Å². The Balaban J connectivity index is 1.87. The van der Waals surface area contributed by atoms with E-state index < -0.39 is 0 Å². The van der Waals surface area contributed by atoms with Gasteiger partial charge in [0.25, 0.3) is 0 Å². The van der Waals surface area contributed by atoms with Gasteiger partial charge in [0.1, 0.15) is 17.9 Å². The second kappa shape index (κ2) is 13.6. The molecule has 0 saturated heterocycles. The van der Waals surface area contributed by atoms with Crippen LogP contribution in [0, 0.1) is 5.92 Å². The summed E-state index contributed by atoms with van der Waals surface area (Å²) in [6.07, 6.45) is 3.62. The molecule has 168 valence electrons. The number of hydrogen-bond acceptors (Lipinski definition) is 5. The van der Waals surface area contributed by atoms with Gasteiger partial charge in [0.15, 0.2) is 0 Å². The number of carbonyl (C=O) groups is 1. The zero-order valence-corrected chi connectivity index (χ0v) is 18.9. The van der Waals surface area contributed by atoms with Crippen molar-refractivity contribution in [3.63, 3.8) is 0 Å². The Kier molecular flexibility index (Phi) is 10.8. The SMILES string of the molecule is C=CC(C)C[C@@H](CCOCc1ccc(OC)cc1)OC(=O)[C@H](Cc1ccccc1)NC. The van der Waals surface area contributed by atoms with E-state index in [-0.39, 0.29) is 24.0 Å². The first-order chi connectivity index (χ1) is 15.0. The summed E-state index contributed by atoms with van der Waals surface area (Å²) in [6, 6.07) is 17.4. The number of ether oxygens (including phenoxy) is 3. The van der Waals surface area contributed by atoms with Gasteiger partial charge in [0.05, 0.1) is 20.3 Å². The molecule has 5 heteroatoms. The predicted molar refractivity (Wildman–Crippen MR) is 124 cm³/mol. The molecule has 5 nitrogen and oxygen atoms in total. The first kappa shape index (κ1) is 24.6. The van der Waals surface area contributed by atoms with E-state index in [0.29, 0.717) is 26.1 Å². The molecule has 2 aromatic rings. The number of nitrogens with one attached hydrogen (secondary N) is 1. The van der Waals surface area contributed by atoms with Crippen molar-refractivity contribution in [3.8, 4) is 5.75 Å². The van der Waals surface area contributed by atoms with Gasteiger partial charge < -0.3 is 19.5 Å². The van der Waals surface area contributed by atoms with Crippen LogP contribution < -0.4 is 10.1 Å². The number of esters is 1. The van der Waals surface area contributed by atoms with Crippen LogP contribution >= 0.6 is 0 Å². The van der Waals surface area contributed by atoms with Crippen LogP contribution in [0.15, 0.2) is 67.3 Å². The zero-order chi connectivity index (χ0) is 22.5. The summed E-state index contributed by atoms with van der Waals surface area (Å²) in [5.74, 6) is 0.841. The van der Waals surface area contributed by atoms with E-state index in [4.69, 9.17) is 14.2 Å². The first-order valence-corrected chi connectivity index (χ1v) is 10.8. The van der Waals surface area contributed by atoms with Crippen molar-refractivity contribution >= 4 is 5.97 Å². The highest BCUT2D eigenvalue weighted by Gasteiger charge is 2.23. The summed E-state index contributed by atoms with van der Waals surface area (Å²) in [5, 5.41) is 3.08. The van der Waals surface area contributed by atoms with Crippen LogP contribution in [0.5, 0.6) is 5.75 Å². The van der Waals surface area contributed by atoms with Crippen LogP contribution in [0.2, 0.25) is 0 Å². The van der Waals surface area contributed by atoms with Crippen LogP contribution in [-0.2, 0) is 27.3 Å². The average molecular weight is 426 g/mol. The highest BCUT2D eigenvalue weighted by atomic mass is 16.5.